The second kappa shape index (κ2) is 7.13. The Kier molecular flexibility index (Phi) is 6.11. The zero-order valence-corrected chi connectivity index (χ0v) is 12.6. The number of amides is 1. The second-order valence-corrected chi connectivity index (χ2v) is 5.28. The van der Waals surface area contributed by atoms with Crippen LogP contribution < -0.4 is 5.73 Å². The quantitative estimate of drug-likeness (QED) is 0.913. The van der Waals surface area contributed by atoms with Crippen LogP contribution in [0, 0.1) is 6.92 Å². The van der Waals surface area contributed by atoms with Gasteiger partial charge < -0.3 is 10.6 Å². The molecular formula is C14H20Cl2N2O. The van der Waals surface area contributed by atoms with E-state index in [0.717, 1.165) is 36.9 Å². The van der Waals surface area contributed by atoms with Crippen LogP contribution in [0.4, 0.5) is 0 Å². The number of halogens is 2. The maximum Gasteiger partial charge on any atom is 0.254 e. The molecule has 1 fully saturated rings. The molecule has 1 amide bonds. The highest BCUT2D eigenvalue weighted by Gasteiger charge is 2.27. The zero-order valence-electron chi connectivity index (χ0n) is 11.1. The third kappa shape index (κ3) is 3.62. The summed E-state index contributed by atoms with van der Waals surface area (Å²) < 4.78 is 0. The molecule has 5 heteroatoms. The van der Waals surface area contributed by atoms with E-state index in [4.69, 9.17) is 17.3 Å². The number of aryl methyl sites for hydroxylation is 1. The van der Waals surface area contributed by atoms with Gasteiger partial charge >= 0.3 is 0 Å². The van der Waals surface area contributed by atoms with Crippen molar-refractivity contribution < 1.29 is 4.79 Å². The van der Waals surface area contributed by atoms with Crippen LogP contribution in [0.1, 0.15) is 35.2 Å². The summed E-state index contributed by atoms with van der Waals surface area (Å²) in [6.07, 6.45) is 3.23. The van der Waals surface area contributed by atoms with Gasteiger partial charge in [0.15, 0.2) is 0 Å². The summed E-state index contributed by atoms with van der Waals surface area (Å²) in [5.74, 6) is 0.0827. The summed E-state index contributed by atoms with van der Waals surface area (Å²) in [4.78, 5) is 14.4. The van der Waals surface area contributed by atoms with Gasteiger partial charge in [0.25, 0.3) is 5.91 Å². The van der Waals surface area contributed by atoms with Crippen LogP contribution in [0.3, 0.4) is 0 Å². The number of carbonyl (C=O) groups is 1. The van der Waals surface area contributed by atoms with Gasteiger partial charge in [0, 0.05) is 29.7 Å². The summed E-state index contributed by atoms with van der Waals surface area (Å²) in [7, 11) is 0. The van der Waals surface area contributed by atoms with Gasteiger partial charge in [0.1, 0.15) is 0 Å². The molecule has 0 aromatic heterocycles. The number of benzene rings is 1. The van der Waals surface area contributed by atoms with E-state index in [1.165, 1.54) is 0 Å². The normalized spacial score (nSPS) is 18.9. The van der Waals surface area contributed by atoms with Crippen molar-refractivity contribution in [1.82, 2.24) is 4.90 Å². The molecule has 2 N–H and O–H groups in total. The largest absolute Gasteiger partial charge is 0.334 e. The summed E-state index contributed by atoms with van der Waals surface area (Å²) in [6, 6.07) is 5.59. The van der Waals surface area contributed by atoms with Crippen LogP contribution >= 0.6 is 24.0 Å². The Morgan fingerprint density at radius 1 is 1.47 bits per heavy atom. The number of likely N-dealkylation sites (tertiary alicyclic amines) is 1. The van der Waals surface area contributed by atoms with Crippen molar-refractivity contribution in [2.24, 2.45) is 5.73 Å². The summed E-state index contributed by atoms with van der Waals surface area (Å²) in [6.45, 7) is 3.27. The first kappa shape index (κ1) is 16.3. The average molecular weight is 303 g/mol. The van der Waals surface area contributed by atoms with Crippen molar-refractivity contribution in [3.63, 3.8) is 0 Å². The van der Waals surface area contributed by atoms with Crippen LogP contribution in [0.2, 0.25) is 5.02 Å². The maximum absolute atomic E-state index is 12.5. The molecule has 106 valence electrons. The lowest BCUT2D eigenvalue weighted by molar-refractivity contribution is 0.0622. The van der Waals surface area contributed by atoms with Gasteiger partial charge in [-0.05, 0) is 49.9 Å². The lowest BCUT2D eigenvalue weighted by atomic mass is 9.99. The molecule has 1 aliphatic heterocycles. The third-order valence-corrected chi connectivity index (χ3v) is 3.81. The van der Waals surface area contributed by atoms with Crippen molar-refractivity contribution in [2.45, 2.75) is 32.2 Å². The summed E-state index contributed by atoms with van der Waals surface area (Å²) in [5, 5.41) is 0.665. The molecule has 1 aromatic carbocycles. The number of nitrogens with two attached hydrogens (primary N) is 1. The molecule has 0 spiro atoms. The Hall–Kier alpha value is -0.770. The number of hydrogen-bond acceptors (Lipinski definition) is 2. The Balaban J connectivity index is 0.00000180. The van der Waals surface area contributed by atoms with E-state index in [0.29, 0.717) is 11.6 Å². The number of carbonyl (C=O) groups excluding carboxylic acids is 1. The first-order valence-electron chi connectivity index (χ1n) is 6.40. The average Bonchev–Trinajstić information content (AvgIpc) is 2.38. The van der Waals surface area contributed by atoms with E-state index in [2.05, 4.69) is 0 Å². The molecule has 2 rings (SSSR count). The highest BCUT2D eigenvalue weighted by atomic mass is 35.5. The summed E-state index contributed by atoms with van der Waals surface area (Å²) >= 11 is 5.92. The predicted octanol–water partition coefficient (Wildman–Crippen LogP) is 3.02. The predicted molar refractivity (Wildman–Crippen MR) is 81.2 cm³/mol. The maximum atomic E-state index is 12.5. The van der Waals surface area contributed by atoms with E-state index in [-0.39, 0.29) is 24.4 Å². The molecule has 1 atom stereocenters. The van der Waals surface area contributed by atoms with E-state index in [9.17, 15) is 4.79 Å². The first-order chi connectivity index (χ1) is 8.63. The molecule has 0 aliphatic carbocycles. The van der Waals surface area contributed by atoms with Crippen LogP contribution in [0.5, 0.6) is 0 Å². The second-order valence-electron chi connectivity index (χ2n) is 4.84. The molecule has 0 bridgehead atoms. The first-order valence-corrected chi connectivity index (χ1v) is 6.78. The Bertz CT molecular complexity index is 451. The highest BCUT2D eigenvalue weighted by Crippen LogP contribution is 2.22. The van der Waals surface area contributed by atoms with Gasteiger partial charge in [0.05, 0.1) is 0 Å². The van der Waals surface area contributed by atoms with Gasteiger partial charge in [-0.1, -0.05) is 11.6 Å². The molecule has 1 saturated heterocycles. The topological polar surface area (TPSA) is 46.3 Å². The minimum absolute atomic E-state index is 0. The zero-order chi connectivity index (χ0) is 13.1. The number of piperidine rings is 1. The summed E-state index contributed by atoms with van der Waals surface area (Å²) in [5.41, 5.74) is 7.42. The third-order valence-electron chi connectivity index (χ3n) is 3.58. The minimum atomic E-state index is 0. The van der Waals surface area contributed by atoms with Gasteiger partial charge in [0.2, 0.25) is 0 Å². The van der Waals surface area contributed by atoms with Crippen molar-refractivity contribution in [3.8, 4) is 0 Å². The molecule has 1 aromatic rings. The molecule has 1 aliphatic rings. The van der Waals surface area contributed by atoms with Crippen LogP contribution in [0.15, 0.2) is 18.2 Å². The Morgan fingerprint density at radius 3 is 2.84 bits per heavy atom. The van der Waals surface area contributed by atoms with Gasteiger partial charge in [-0.25, -0.2) is 0 Å². The van der Waals surface area contributed by atoms with Crippen molar-refractivity contribution in [1.29, 1.82) is 0 Å². The van der Waals surface area contributed by atoms with E-state index in [1.807, 2.05) is 24.0 Å². The van der Waals surface area contributed by atoms with Crippen molar-refractivity contribution in [3.05, 3.63) is 34.3 Å². The molecule has 1 unspecified atom stereocenters. The number of rotatable bonds is 2. The fourth-order valence-electron chi connectivity index (χ4n) is 2.53. The van der Waals surface area contributed by atoms with Crippen LogP contribution in [-0.2, 0) is 0 Å². The smallest absolute Gasteiger partial charge is 0.254 e. The lowest BCUT2D eigenvalue weighted by Crippen LogP contribution is -2.47. The van der Waals surface area contributed by atoms with E-state index < -0.39 is 0 Å². The molecular weight excluding hydrogens is 283 g/mol. The molecule has 3 nitrogen and oxygen atoms in total. The lowest BCUT2D eigenvalue weighted by Gasteiger charge is -2.35. The molecule has 0 saturated carbocycles. The van der Waals surface area contributed by atoms with Gasteiger partial charge in [-0.2, -0.15) is 0 Å². The SMILES string of the molecule is Cc1cc(Cl)ccc1C(=O)N1CCCCC1CN.Cl. The standard InChI is InChI=1S/C14H19ClN2O.ClH/c1-10-8-11(15)5-6-13(10)14(18)17-7-3-2-4-12(17)9-16;/h5-6,8,12H,2-4,7,9,16H2,1H3;1H. The fraction of sp³-hybridized carbons (Fsp3) is 0.500. The fourth-order valence-corrected chi connectivity index (χ4v) is 2.76. The monoisotopic (exact) mass is 302 g/mol. The van der Waals surface area contributed by atoms with Gasteiger partial charge in [-0.3, -0.25) is 4.79 Å². The van der Waals surface area contributed by atoms with Gasteiger partial charge in [-0.15, -0.1) is 12.4 Å². The number of hydrogen-bond donors (Lipinski definition) is 1. The van der Waals surface area contributed by atoms with Crippen molar-refractivity contribution >= 4 is 29.9 Å². The molecule has 19 heavy (non-hydrogen) atoms. The Labute approximate surface area is 125 Å². The molecule has 0 radical (unpaired) electrons. The molecule has 1 heterocycles. The minimum Gasteiger partial charge on any atom is -0.334 e. The van der Waals surface area contributed by atoms with Crippen LogP contribution in [0.25, 0.3) is 0 Å². The van der Waals surface area contributed by atoms with E-state index in [1.54, 1.807) is 6.07 Å². The van der Waals surface area contributed by atoms with E-state index >= 15 is 0 Å². The highest BCUT2D eigenvalue weighted by molar-refractivity contribution is 6.30. The number of nitrogens with zero attached hydrogens (tertiary/aromatic N) is 1. The van der Waals surface area contributed by atoms with Crippen LogP contribution in [-0.4, -0.2) is 29.9 Å². The van der Waals surface area contributed by atoms with Crippen molar-refractivity contribution in [2.75, 3.05) is 13.1 Å². The Morgan fingerprint density at radius 2 is 2.21 bits per heavy atom.